The number of rotatable bonds is 3. The van der Waals surface area contributed by atoms with Crippen molar-refractivity contribution < 1.29 is 38.1 Å². The second-order valence-electron chi connectivity index (χ2n) is 4.44. The molecule has 0 fully saturated rings. The molecule has 0 saturated heterocycles. The van der Waals surface area contributed by atoms with Crippen LogP contribution in [0.2, 0.25) is 0 Å². The van der Waals surface area contributed by atoms with Crippen LogP contribution in [0.4, 0.5) is 13.2 Å². The van der Waals surface area contributed by atoms with Gasteiger partial charge in [-0.25, -0.2) is 14.6 Å². The Morgan fingerprint density at radius 3 is 1.91 bits per heavy atom. The molecule has 1 heterocycles. The van der Waals surface area contributed by atoms with Gasteiger partial charge in [-0.2, -0.15) is 13.2 Å². The van der Waals surface area contributed by atoms with Crippen LogP contribution in [0.3, 0.4) is 0 Å². The lowest BCUT2D eigenvalue weighted by molar-refractivity contribution is -0.137. The van der Waals surface area contributed by atoms with Crippen LogP contribution in [0.5, 0.6) is 5.88 Å². The van der Waals surface area contributed by atoms with Crippen molar-refractivity contribution in [3.05, 3.63) is 47.0 Å². The first kappa shape index (κ1) is 16.3. The Morgan fingerprint density at radius 1 is 0.957 bits per heavy atom. The summed E-state index contributed by atoms with van der Waals surface area (Å²) in [4.78, 5) is 25.6. The van der Waals surface area contributed by atoms with E-state index in [9.17, 15) is 27.9 Å². The molecule has 23 heavy (non-hydrogen) atoms. The highest BCUT2D eigenvalue weighted by Gasteiger charge is 2.30. The van der Waals surface area contributed by atoms with E-state index in [1.165, 1.54) is 0 Å². The molecule has 9 heteroatoms. The van der Waals surface area contributed by atoms with E-state index >= 15 is 0 Å². The molecule has 1 aromatic carbocycles. The molecule has 0 radical (unpaired) electrons. The lowest BCUT2D eigenvalue weighted by Crippen LogP contribution is -2.08. The topological polar surface area (TPSA) is 108 Å². The van der Waals surface area contributed by atoms with Gasteiger partial charge in [0.15, 0.2) is 0 Å². The van der Waals surface area contributed by atoms with Crippen molar-refractivity contribution in [2.24, 2.45) is 0 Å². The van der Waals surface area contributed by atoms with Crippen LogP contribution in [-0.2, 0) is 6.18 Å². The number of carboxylic acid groups (broad SMARTS) is 2. The van der Waals surface area contributed by atoms with Crippen molar-refractivity contribution >= 4 is 11.9 Å². The minimum absolute atomic E-state index is 0.0114. The lowest BCUT2D eigenvalue weighted by Gasteiger charge is -2.10. The Hall–Kier alpha value is -3.10. The molecule has 0 amide bonds. The van der Waals surface area contributed by atoms with Gasteiger partial charge in [-0.05, 0) is 18.2 Å². The third-order valence-corrected chi connectivity index (χ3v) is 2.95. The van der Waals surface area contributed by atoms with Crippen molar-refractivity contribution in [2.45, 2.75) is 6.18 Å². The molecule has 0 spiro atoms. The van der Waals surface area contributed by atoms with Crippen LogP contribution in [0, 0.1) is 0 Å². The van der Waals surface area contributed by atoms with E-state index in [0.717, 1.165) is 24.3 Å². The second-order valence-corrected chi connectivity index (χ2v) is 4.44. The average molecular weight is 327 g/mol. The van der Waals surface area contributed by atoms with Gasteiger partial charge >= 0.3 is 18.1 Å². The summed E-state index contributed by atoms with van der Waals surface area (Å²) in [7, 11) is 0. The molecule has 0 aliphatic heterocycles. The van der Waals surface area contributed by atoms with Crippen molar-refractivity contribution in [2.75, 3.05) is 0 Å². The average Bonchev–Trinajstić information content (AvgIpc) is 2.45. The number of nitrogens with zero attached hydrogens (tertiary/aromatic N) is 1. The number of aromatic hydroxyl groups is 1. The van der Waals surface area contributed by atoms with Crippen LogP contribution in [0.25, 0.3) is 11.3 Å². The predicted molar refractivity (Wildman–Crippen MR) is 70.3 cm³/mol. The number of alkyl halides is 3. The molecule has 120 valence electrons. The van der Waals surface area contributed by atoms with Crippen LogP contribution >= 0.6 is 0 Å². The van der Waals surface area contributed by atoms with E-state index in [1.54, 1.807) is 0 Å². The molecule has 3 N–H and O–H groups in total. The molecule has 6 nitrogen and oxygen atoms in total. The summed E-state index contributed by atoms with van der Waals surface area (Å²) < 4.78 is 37.6. The van der Waals surface area contributed by atoms with Gasteiger partial charge in [-0.1, -0.05) is 12.1 Å². The first-order valence-corrected chi connectivity index (χ1v) is 5.99. The van der Waals surface area contributed by atoms with Gasteiger partial charge in [0.25, 0.3) is 0 Å². The van der Waals surface area contributed by atoms with E-state index in [0.29, 0.717) is 6.07 Å². The van der Waals surface area contributed by atoms with E-state index in [2.05, 4.69) is 4.98 Å². The minimum atomic E-state index is -4.56. The quantitative estimate of drug-likeness (QED) is 0.800. The summed E-state index contributed by atoms with van der Waals surface area (Å²) in [6.45, 7) is 0. The highest BCUT2D eigenvalue weighted by atomic mass is 19.4. The van der Waals surface area contributed by atoms with Gasteiger partial charge in [0.2, 0.25) is 5.88 Å². The Bertz CT molecular complexity index is 784. The van der Waals surface area contributed by atoms with Gasteiger partial charge < -0.3 is 15.3 Å². The summed E-state index contributed by atoms with van der Waals surface area (Å²) in [5.41, 5.74) is -2.57. The third kappa shape index (κ3) is 3.23. The molecule has 0 atom stereocenters. The molecule has 0 aliphatic rings. The van der Waals surface area contributed by atoms with E-state index in [-0.39, 0.29) is 11.3 Å². The Kier molecular flexibility index (Phi) is 3.96. The maximum absolute atomic E-state index is 12.5. The fourth-order valence-electron chi connectivity index (χ4n) is 1.86. The van der Waals surface area contributed by atoms with E-state index < -0.39 is 40.7 Å². The van der Waals surface area contributed by atoms with Crippen LogP contribution in [0.1, 0.15) is 26.3 Å². The molecule has 2 rings (SSSR count). The van der Waals surface area contributed by atoms with E-state index in [4.69, 9.17) is 10.2 Å². The van der Waals surface area contributed by atoms with Gasteiger partial charge in [0.1, 0.15) is 5.56 Å². The van der Waals surface area contributed by atoms with Gasteiger partial charge in [0.05, 0.1) is 16.8 Å². The number of hydrogen-bond donors (Lipinski definition) is 3. The van der Waals surface area contributed by atoms with Crippen LogP contribution in [0.15, 0.2) is 30.3 Å². The van der Waals surface area contributed by atoms with Crippen molar-refractivity contribution in [3.8, 4) is 17.1 Å². The van der Waals surface area contributed by atoms with Gasteiger partial charge in [-0.15, -0.1) is 0 Å². The SMILES string of the molecule is O=C(O)c1cc(C(=O)O)c(-c2ccc(C(F)(F)F)cc2)nc1O. The van der Waals surface area contributed by atoms with Gasteiger partial charge in [-0.3, -0.25) is 0 Å². The summed E-state index contributed by atoms with van der Waals surface area (Å²) in [6, 6.07) is 4.12. The summed E-state index contributed by atoms with van der Waals surface area (Å²) in [6.07, 6.45) is -4.56. The van der Waals surface area contributed by atoms with E-state index in [1.807, 2.05) is 0 Å². The molecule has 0 saturated carbocycles. The van der Waals surface area contributed by atoms with Crippen LogP contribution < -0.4 is 0 Å². The summed E-state index contributed by atoms with van der Waals surface area (Å²) >= 11 is 0. The standard InChI is InChI=1S/C14H8F3NO5/c15-14(16,17)7-3-1-6(2-4-7)10-8(12(20)21)5-9(13(22)23)11(19)18-10/h1-5H,(H,18,19)(H,20,21)(H,22,23). The maximum Gasteiger partial charge on any atom is 0.416 e. The summed E-state index contributed by atoms with van der Waals surface area (Å²) in [5.74, 6) is -4.05. The molecular formula is C14H8F3NO5. The number of carboxylic acids is 2. The zero-order valence-corrected chi connectivity index (χ0v) is 11.1. The Balaban J connectivity index is 2.61. The van der Waals surface area contributed by atoms with Crippen molar-refractivity contribution in [1.29, 1.82) is 0 Å². The molecule has 0 bridgehead atoms. The summed E-state index contributed by atoms with van der Waals surface area (Å²) in [5, 5.41) is 27.5. The first-order chi connectivity index (χ1) is 10.6. The number of aromatic carboxylic acids is 2. The number of hydrogen-bond acceptors (Lipinski definition) is 4. The van der Waals surface area contributed by atoms with Crippen LogP contribution in [-0.4, -0.2) is 32.2 Å². The fraction of sp³-hybridized carbons (Fsp3) is 0.0714. The Labute approximate surface area is 126 Å². The monoisotopic (exact) mass is 327 g/mol. The number of halogens is 3. The lowest BCUT2D eigenvalue weighted by atomic mass is 10.0. The smallest absolute Gasteiger partial charge is 0.416 e. The highest BCUT2D eigenvalue weighted by Crippen LogP contribution is 2.32. The number of benzene rings is 1. The molecule has 0 aliphatic carbocycles. The van der Waals surface area contributed by atoms with Gasteiger partial charge in [0, 0.05) is 5.56 Å². The normalized spacial score (nSPS) is 11.3. The molecule has 2 aromatic rings. The number of pyridine rings is 1. The highest BCUT2D eigenvalue weighted by molar-refractivity contribution is 5.99. The maximum atomic E-state index is 12.5. The largest absolute Gasteiger partial charge is 0.493 e. The number of carbonyl (C=O) groups is 2. The molecule has 0 unspecified atom stereocenters. The molecular weight excluding hydrogens is 319 g/mol. The second kappa shape index (κ2) is 5.59. The third-order valence-electron chi connectivity index (χ3n) is 2.95. The zero-order valence-electron chi connectivity index (χ0n) is 11.1. The molecule has 1 aromatic heterocycles. The van der Waals surface area contributed by atoms with Crippen molar-refractivity contribution in [1.82, 2.24) is 4.98 Å². The fourth-order valence-corrected chi connectivity index (χ4v) is 1.86. The predicted octanol–water partition coefficient (Wildman–Crippen LogP) is 2.87. The zero-order chi connectivity index (χ0) is 17.4. The minimum Gasteiger partial charge on any atom is -0.493 e. The Morgan fingerprint density at radius 2 is 1.48 bits per heavy atom. The van der Waals surface area contributed by atoms with Crippen molar-refractivity contribution in [3.63, 3.8) is 0 Å². The first-order valence-electron chi connectivity index (χ1n) is 5.99. The number of aromatic nitrogens is 1.